The van der Waals surface area contributed by atoms with Gasteiger partial charge in [-0.1, -0.05) is 6.92 Å². The van der Waals surface area contributed by atoms with Crippen molar-refractivity contribution in [3.63, 3.8) is 0 Å². The van der Waals surface area contributed by atoms with Gasteiger partial charge in [-0.05, 0) is 25.3 Å². The maximum atomic E-state index is 9.99. The molecule has 1 aliphatic rings. The molecule has 2 unspecified atom stereocenters. The zero-order chi connectivity index (χ0) is 10.1. The Labute approximate surface area is 83.8 Å². The van der Waals surface area contributed by atoms with Crippen LogP contribution in [-0.2, 0) is 0 Å². The zero-order valence-electron chi connectivity index (χ0n) is 8.43. The molecule has 0 amide bonds. The molecule has 0 saturated heterocycles. The molecule has 0 radical (unpaired) electrons. The lowest BCUT2D eigenvalue weighted by Crippen LogP contribution is -2.20. The van der Waals surface area contributed by atoms with Crippen LogP contribution in [0.5, 0.6) is 0 Å². The number of aliphatic hydroxyl groups excluding tert-OH is 1. The Bertz CT molecular complexity index is 306. The SMILES string of the molecule is CC(CN)C(O)c1cncn1C1CC1. The van der Waals surface area contributed by atoms with E-state index in [0.717, 1.165) is 5.69 Å². The molecule has 1 aromatic heterocycles. The molecule has 3 N–H and O–H groups in total. The molecular formula is C10H17N3O. The highest BCUT2D eigenvalue weighted by Gasteiger charge is 2.28. The highest BCUT2D eigenvalue weighted by atomic mass is 16.3. The van der Waals surface area contributed by atoms with Gasteiger partial charge in [0.25, 0.3) is 0 Å². The summed E-state index contributed by atoms with van der Waals surface area (Å²) >= 11 is 0. The topological polar surface area (TPSA) is 64.1 Å². The van der Waals surface area contributed by atoms with Crippen LogP contribution in [0.4, 0.5) is 0 Å². The van der Waals surface area contributed by atoms with Crippen molar-refractivity contribution in [1.29, 1.82) is 0 Å². The number of hydrogen-bond acceptors (Lipinski definition) is 3. The normalized spacial score (nSPS) is 20.8. The monoisotopic (exact) mass is 195 g/mol. The van der Waals surface area contributed by atoms with Gasteiger partial charge in [-0.15, -0.1) is 0 Å². The van der Waals surface area contributed by atoms with Crippen LogP contribution in [0.2, 0.25) is 0 Å². The number of rotatable bonds is 4. The van der Waals surface area contributed by atoms with Gasteiger partial charge in [-0.3, -0.25) is 0 Å². The first-order chi connectivity index (χ1) is 6.74. The summed E-state index contributed by atoms with van der Waals surface area (Å²) in [6.07, 6.45) is 5.47. The molecule has 2 rings (SSSR count). The van der Waals surface area contributed by atoms with Crippen LogP contribution >= 0.6 is 0 Å². The second kappa shape index (κ2) is 3.71. The van der Waals surface area contributed by atoms with E-state index in [1.54, 1.807) is 12.5 Å². The number of hydrogen-bond donors (Lipinski definition) is 2. The molecular weight excluding hydrogens is 178 g/mol. The number of aromatic nitrogens is 2. The van der Waals surface area contributed by atoms with Crippen LogP contribution in [0.25, 0.3) is 0 Å². The minimum atomic E-state index is -0.483. The maximum absolute atomic E-state index is 9.99. The van der Waals surface area contributed by atoms with Crippen molar-refractivity contribution in [3.05, 3.63) is 18.2 Å². The summed E-state index contributed by atoms with van der Waals surface area (Å²) in [5, 5.41) is 9.99. The molecule has 0 aliphatic heterocycles. The summed E-state index contributed by atoms with van der Waals surface area (Å²) in [4.78, 5) is 4.08. The maximum Gasteiger partial charge on any atom is 0.0993 e. The van der Waals surface area contributed by atoms with Gasteiger partial charge < -0.3 is 15.4 Å². The van der Waals surface area contributed by atoms with Crippen molar-refractivity contribution in [2.45, 2.75) is 31.9 Å². The van der Waals surface area contributed by atoms with Gasteiger partial charge in [0.05, 0.1) is 24.3 Å². The first kappa shape index (κ1) is 9.68. The van der Waals surface area contributed by atoms with Crippen LogP contribution in [0.1, 0.15) is 37.6 Å². The Morgan fingerprint density at radius 2 is 2.43 bits per heavy atom. The van der Waals surface area contributed by atoms with Gasteiger partial charge >= 0.3 is 0 Å². The molecule has 0 aromatic carbocycles. The minimum absolute atomic E-state index is 0.0872. The molecule has 0 spiro atoms. The molecule has 2 atom stereocenters. The Balaban J connectivity index is 2.17. The summed E-state index contributed by atoms with van der Waals surface area (Å²) in [7, 11) is 0. The van der Waals surface area contributed by atoms with Gasteiger partial charge in [0.2, 0.25) is 0 Å². The lowest BCUT2D eigenvalue weighted by atomic mass is 10.0. The fourth-order valence-electron chi connectivity index (χ4n) is 1.62. The Morgan fingerprint density at radius 3 is 3.00 bits per heavy atom. The van der Waals surface area contributed by atoms with E-state index < -0.39 is 6.10 Å². The van der Waals surface area contributed by atoms with Gasteiger partial charge in [0.1, 0.15) is 0 Å². The van der Waals surface area contributed by atoms with E-state index in [4.69, 9.17) is 5.73 Å². The van der Waals surface area contributed by atoms with Crippen molar-refractivity contribution in [3.8, 4) is 0 Å². The number of nitrogens with zero attached hydrogens (tertiary/aromatic N) is 2. The fourth-order valence-corrected chi connectivity index (χ4v) is 1.62. The lowest BCUT2D eigenvalue weighted by Gasteiger charge is -2.18. The molecule has 1 aromatic rings. The first-order valence-electron chi connectivity index (χ1n) is 5.14. The second-order valence-electron chi connectivity index (χ2n) is 4.11. The molecule has 1 fully saturated rings. The molecule has 14 heavy (non-hydrogen) atoms. The standard InChI is InChI=1S/C10H17N3O/c1-7(4-11)10(14)9-5-12-6-13(9)8-2-3-8/h5-8,10,14H,2-4,11H2,1H3. The van der Waals surface area contributed by atoms with E-state index in [0.29, 0.717) is 12.6 Å². The quantitative estimate of drug-likeness (QED) is 0.748. The fraction of sp³-hybridized carbons (Fsp3) is 0.700. The summed E-state index contributed by atoms with van der Waals surface area (Å²) < 4.78 is 2.08. The third kappa shape index (κ3) is 1.67. The molecule has 0 bridgehead atoms. The Hall–Kier alpha value is -0.870. The summed E-state index contributed by atoms with van der Waals surface area (Å²) in [6, 6.07) is 0.562. The van der Waals surface area contributed by atoms with Gasteiger partial charge in [0.15, 0.2) is 0 Å². The lowest BCUT2D eigenvalue weighted by molar-refractivity contribution is 0.113. The van der Waals surface area contributed by atoms with Gasteiger partial charge in [-0.25, -0.2) is 4.98 Å². The molecule has 1 aliphatic carbocycles. The van der Waals surface area contributed by atoms with Crippen LogP contribution in [-0.4, -0.2) is 21.2 Å². The predicted octanol–water partition coefficient (Wildman–Crippen LogP) is 0.846. The van der Waals surface area contributed by atoms with E-state index >= 15 is 0 Å². The van der Waals surface area contributed by atoms with E-state index in [2.05, 4.69) is 9.55 Å². The molecule has 4 heteroatoms. The van der Waals surface area contributed by atoms with E-state index in [1.165, 1.54) is 12.8 Å². The molecule has 4 nitrogen and oxygen atoms in total. The van der Waals surface area contributed by atoms with Crippen molar-refractivity contribution < 1.29 is 5.11 Å². The van der Waals surface area contributed by atoms with Gasteiger partial charge in [0, 0.05) is 6.04 Å². The largest absolute Gasteiger partial charge is 0.386 e. The van der Waals surface area contributed by atoms with Crippen LogP contribution in [0.3, 0.4) is 0 Å². The number of aliphatic hydroxyl groups is 1. The van der Waals surface area contributed by atoms with Crippen molar-refractivity contribution in [2.24, 2.45) is 11.7 Å². The third-order valence-corrected chi connectivity index (χ3v) is 2.85. The third-order valence-electron chi connectivity index (χ3n) is 2.85. The molecule has 1 saturated carbocycles. The second-order valence-corrected chi connectivity index (χ2v) is 4.11. The van der Waals surface area contributed by atoms with Crippen molar-refractivity contribution in [1.82, 2.24) is 9.55 Å². The Kier molecular flexibility index (Phi) is 2.56. The highest BCUT2D eigenvalue weighted by molar-refractivity contribution is 5.07. The molecule has 1 heterocycles. The smallest absolute Gasteiger partial charge is 0.0993 e. The van der Waals surface area contributed by atoms with E-state index in [9.17, 15) is 5.11 Å². The Morgan fingerprint density at radius 1 is 1.71 bits per heavy atom. The predicted molar refractivity (Wildman–Crippen MR) is 53.7 cm³/mol. The zero-order valence-corrected chi connectivity index (χ0v) is 8.43. The summed E-state index contributed by atoms with van der Waals surface area (Å²) in [6.45, 7) is 2.45. The van der Waals surface area contributed by atoms with Crippen LogP contribution in [0.15, 0.2) is 12.5 Å². The van der Waals surface area contributed by atoms with E-state index in [1.807, 2.05) is 6.92 Å². The summed E-state index contributed by atoms with van der Waals surface area (Å²) in [5.74, 6) is 0.0872. The molecule has 78 valence electrons. The van der Waals surface area contributed by atoms with Gasteiger partial charge in [-0.2, -0.15) is 0 Å². The number of nitrogens with two attached hydrogens (primary N) is 1. The van der Waals surface area contributed by atoms with E-state index in [-0.39, 0.29) is 5.92 Å². The average Bonchev–Trinajstić information content (AvgIpc) is 2.94. The minimum Gasteiger partial charge on any atom is -0.386 e. The summed E-state index contributed by atoms with van der Waals surface area (Å²) in [5.41, 5.74) is 6.44. The number of imidazole rings is 1. The van der Waals surface area contributed by atoms with Crippen LogP contribution < -0.4 is 5.73 Å². The first-order valence-corrected chi connectivity index (χ1v) is 5.14. The van der Waals surface area contributed by atoms with Crippen LogP contribution in [0, 0.1) is 5.92 Å². The van der Waals surface area contributed by atoms with Crippen molar-refractivity contribution >= 4 is 0 Å². The average molecular weight is 195 g/mol. The highest BCUT2D eigenvalue weighted by Crippen LogP contribution is 2.37. The van der Waals surface area contributed by atoms with Crippen molar-refractivity contribution in [2.75, 3.05) is 6.54 Å².